The van der Waals surface area contributed by atoms with Gasteiger partial charge in [0.1, 0.15) is 5.75 Å². The average Bonchev–Trinajstić information content (AvgIpc) is 3.04. The Hall–Kier alpha value is -2.40. The number of carbonyl (C=O) groups is 2. The molecule has 1 aromatic carbocycles. The van der Waals surface area contributed by atoms with Gasteiger partial charge in [0.2, 0.25) is 5.78 Å². The molecule has 0 radical (unpaired) electrons. The molecule has 1 aromatic heterocycles. The quantitative estimate of drug-likeness (QED) is 0.467. The van der Waals surface area contributed by atoms with Crippen molar-refractivity contribution in [1.29, 1.82) is 0 Å². The number of ketones is 1. The smallest absolute Gasteiger partial charge is 0.331 e. The molecule has 5 heteroatoms. The summed E-state index contributed by atoms with van der Waals surface area (Å²) in [5.41, 5.74) is 0.398. The van der Waals surface area contributed by atoms with Gasteiger partial charge in [-0.1, -0.05) is 18.2 Å². The van der Waals surface area contributed by atoms with Gasteiger partial charge in [0.05, 0.1) is 12.7 Å². The van der Waals surface area contributed by atoms with Crippen LogP contribution in [0.5, 0.6) is 5.75 Å². The second-order valence-electron chi connectivity index (χ2n) is 4.08. The number of rotatable bonds is 6. The Bertz CT molecular complexity index is 644. The summed E-state index contributed by atoms with van der Waals surface area (Å²) < 4.78 is 10.0. The van der Waals surface area contributed by atoms with Crippen molar-refractivity contribution in [1.82, 2.24) is 0 Å². The van der Waals surface area contributed by atoms with Gasteiger partial charge in [0.15, 0.2) is 6.61 Å². The Balaban J connectivity index is 1.90. The maximum atomic E-state index is 12.0. The number of hydrogen-bond donors (Lipinski definition) is 0. The van der Waals surface area contributed by atoms with E-state index in [1.54, 1.807) is 30.3 Å². The maximum absolute atomic E-state index is 12.0. The highest BCUT2D eigenvalue weighted by atomic mass is 32.1. The molecule has 2 rings (SSSR count). The van der Waals surface area contributed by atoms with E-state index in [1.807, 2.05) is 17.5 Å². The Morgan fingerprint density at radius 2 is 2.00 bits per heavy atom. The molecule has 0 saturated carbocycles. The summed E-state index contributed by atoms with van der Waals surface area (Å²) in [5, 5.41) is 1.91. The van der Waals surface area contributed by atoms with Gasteiger partial charge >= 0.3 is 5.97 Å². The first kappa shape index (κ1) is 15.0. The van der Waals surface area contributed by atoms with Gasteiger partial charge in [-0.3, -0.25) is 4.79 Å². The largest absolute Gasteiger partial charge is 0.496 e. The number of carbonyl (C=O) groups excluding carboxylic acids is 2. The van der Waals surface area contributed by atoms with Gasteiger partial charge in [-0.15, -0.1) is 11.3 Å². The lowest BCUT2D eigenvalue weighted by Gasteiger charge is -2.06. The highest BCUT2D eigenvalue weighted by molar-refractivity contribution is 7.10. The molecular weight excluding hydrogens is 288 g/mol. The minimum Gasteiger partial charge on any atom is -0.496 e. The lowest BCUT2D eigenvalue weighted by molar-refractivity contribution is -0.136. The molecule has 21 heavy (non-hydrogen) atoms. The van der Waals surface area contributed by atoms with Crippen LogP contribution >= 0.6 is 11.3 Å². The van der Waals surface area contributed by atoms with Crippen molar-refractivity contribution in [2.45, 2.75) is 0 Å². The van der Waals surface area contributed by atoms with Crippen molar-refractivity contribution in [3.8, 4) is 5.75 Å². The second kappa shape index (κ2) is 7.40. The summed E-state index contributed by atoms with van der Waals surface area (Å²) in [7, 11) is 1.49. The molecule has 2 aromatic rings. The fourth-order valence-corrected chi connectivity index (χ4v) is 2.29. The van der Waals surface area contributed by atoms with Gasteiger partial charge in [0.25, 0.3) is 0 Å². The lowest BCUT2D eigenvalue weighted by Crippen LogP contribution is -2.13. The zero-order chi connectivity index (χ0) is 15.1. The lowest BCUT2D eigenvalue weighted by atomic mass is 10.1. The van der Waals surface area contributed by atoms with Crippen molar-refractivity contribution < 1.29 is 19.1 Å². The maximum Gasteiger partial charge on any atom is 0.331 e. The summed E-state index contributed by atoms with van der Waals surface area (Å²) in [6.07, 6.45) is 2.96. The van der Waals surface area contributed by atoms with Crippen LogP contribution in [0.2, 0.25) is 0 Å². The average molecular weight is 302 g/mol. The number of methoxy groups -OCH3 is 1. The van der Waals surface area contributed by atoms with E-state index >= 15 is 0 Å². The molecule has 0 aliphatic rings. The van der Waals surface area contributed by atoms with Crippen LogP contribution in [-0.4, -0.2) is 25.5 Å². The summed E-state index contributed by atoms with van der Waals surface area (Å²) in [5.74, 6) is -0.385. The summed E-state index contributed by atoms with van der Waals surface area (Å²) in [6, 6.07) is 10.6. The number of Topliss-reactive ketones (excluding diaryl/α,β-unsaturated/α-hetero) is 1. The van der Waals surface area contributed by atoms with Crippen molar-refractivity contribution in [3.63, 3.8) is 0 Å². The van der Waals surface area contributed by atoms with Crippen molar-refractivity contribution in [2.75, 3.05) is 13.7 Å². The Morgan fingerprint density at radius 1 is 1.19 bits per heavy atom. The highest BCUT2D eigenvalue weighted by Gasteiger charge is 2.13. The monoisotopic (exact) mass is 302 g/mol. The second-order valence-corrected chi connectivity index (χ2v) is 5.06. The molecule has 0 fully saturated rings. The zero-order valence-corrected chi connectivity index (χ0v) is 12.3. The van der Waals surface area contributed by atoms with E-state index in [9.17, 15) is 9.59 Å². The van der Waals surface area contributed by atoms with E-state index in [1.165, 1.54) is 24.5 Å². The SMILES string of the molecule is COc1ccccc1C(=O)COC(=O)/C=C/c1cccs1. The fraction of sp³-hybridized carbons (Fsp3) is 0.125. The Labute approximate surface area is 126 Å². The molecular formula is C16H14O4S. The van der Waals surface area contributed by atoms with Crippen LogP contribution in [0.25, 0.3) is 6.08 Å². The van der Waals surface area contributed by atoms with Crippen LogP contribution in [0.15, 0.2) is 47.9 Å². The van der Waals surface area contributed by atoms with Crippen LogP contribution in [0.1, 0.15) is 15.2 Å². The van der Waals surface area contributed by atoms with Crippen molar-refractivity contribution >= 4 is 29.2 Å². The topological polar surface area (TPSA) is 52.6 Å². The third-order valence-corrected chi connectivity index (χ3v) is 3.52. The van der Waals surface area contributed by atoms with E-state index < -0.39 is 5.97 Å². The molecule has 0 spiro atoms. The van der Waals surface area contributed by atoms with E-state index in [0.29, 0.717) is 11.3 Å². The van der Waals surface area contributed by atoms with Gasteiger partial charge in [-0.2, -0.15) is 0 Å². The van der Waals surface area contributed by atoms with Crippen LogP contribution in [0.4, 0.5) is 0 Å². The third kappa shape index (κ3) is 4.29. The van der Waals surface area contributed by atoms with Crippen molar-refractivity contribution in [3.05, 3.63) is 58.3 Å². The summed E-state index contributed by atoms with van der Waals surface area (Å²) in [4.78, 5) is 24.5. The first-order valence-corrected chi connectivity index (χ1v) is 7.13. The standard InChI is InChI=1S/C16H14O4S/c1-19-15-7-3-2-6-13(15)14(17)11-20-16(18)9-8-12-5-4-10-21-12/h2-10H,11H2,1H3/b9-8+. The van der Waals surface area contributed by atoms with Crippen LogP contribution in [0.3, 0.4) is 0 Å². The predicted molar refractivity (Wildman–Crippen MR) is 81.6 cm³/mol. The van der Waals surface area contributed by atoms with Crippen LogP contribution < -0.4 is 4.74 Å². The van der Waals surface area contributed by atoms with E-state index in [-0.39, 0.29) is 12.4 Å². The van der Waals surface area contributed by atoms with E-state index in [2.05, 4.69) is 0 Å². The first-order valence-electron chi connectivity index (χ1n) is 6.25. The third-order valence-electron chi connectivity index (χ3n) is 2.68. The number of esters is 1. The van der Waals surface area contributed by atoms with Crippen LogP contribution in [-0.2, 0) is 9.53 Å². The fourth-order valence-electron chi connectivity index (χ4n) is 1.67. The number of hydrogen-bond acceptors (Lipinski definition) is 5. The molecule has 0 bridgehead atoms. The molecule has 0 N–H and O–H groups in total. The van der Waals surface area contributed by atoms with Crippen LogP contribution in [0, 0.1) is 0 Å². The van der Waals surface area contributed by atoms with E-state index in [4.69, 9.17) is 9.47 Å². The highest BCUT2D eigenvalue weighted by Crippen LogP contribution is 2.17. The molecule has 0 atom stereocenters. The van der Waals surface area contributed by atoms with Crippen molar-refractivity contribution in [2.24, 2.45) is 0 Å². The summed E-state index contributed by atoms with van der Waals surface area (Å²) >= 11 is 1.51. The zero-order valence-electron chi connectivity index (χ0n) is 11.4. The molecule has 0 saturated heterocycles. The molecule has 0 unspecified atom stereocenters. The minimum atomic E-state index is -0.549. The van der Waals surface area contributed by atoms with Gasteiger partial charge < -0.3 is 9.47 Å². The molecule has 0 aliphatic carbocycles. The predicted octanol–water partition coefficient (Wildman–Crippen LogP) is 3.20. The van der Waals surface area contributed by atoms with E-state index in [0.717, 1.165) is 4.88 Å². The Morgan fingerprint density at radius 3 is 2.71 bits per heavy atom. The first-order chi connectivity index (χ1) is 10.2. The number of ether oxygens (including phenoxy) is 2. The molecule has 4 nitrogen and oxygen atoms in total. The van der Waals surface area contributed by atoms with Gasteiger partial charge in [0, 0.05) is 11.0 Å². The number of benzene rings is 1. The molecule has 108 valence electrons. The molecule has 0 aliphatic heterocycles. The molecule has 0 amide bonds. The number of para-hydroxylation sites is 1. The Kier molecular flexibility index (Phi) is 5.29. The van der Waals surface area contributed by atoms with Gasteiger partial charge in [-0.05, 0) is 29.7 Å². The number of thiophene rings is 1. The minimum absolute atomic E-state index is 0.301. The molecule has 1 heterocycles. The summed E-state index contributed by atoms with van der Waals surface area (Å²) in [6.45, 7) is -0.312. The van der Waals surface area contributed by atoms with Gasteiger partial charge in [-0.25, -0.2) is 4.79 Å². The normalized spacial score (nSPS) is 10.5.